The van der Waals surface area contributed by atoms with E-state index < -0.39 is 9.53 Å². The van der Waals surface area contributed by atoms with Gasteiger partial charge >= 0.3 is 9.53 Å². The van der Waals surface area contributed by atoms with Crippen molar-refractivity contribution in [1.29, 1.82) is 0 Å². The van der Waals surface area contributed by atoms with Crippen molar-refractivity contribution in [3.05, 3.63) is 0 Å². The van der Waals surface area contributed by atoms with Gasteiger partial charge in [0.1, 0.15) is 10.5 Å². The van der Waals surface area contributed by atoms with Gasteiger partial charge in [-0.05, 0) is 39.5 Å². The van der Waals surface area contributed by atoms with Gasteiger partial charge in [0.2, 0.25) is 0 Å². The van der Waals surface area contributed by atoms with E-state index in [1.165, 1.54) is 0 Å². The van der Waals surface area contributed by atoms with Crippen LogP contribution in [0.15, 0.2) is 0 Å². The third-order valence-electron chi connectivity index (χ3n) is 2.37. The van der Waals surface area contributed by atoms with Gasteiger partial charge in [-0.1, -0.05) is 0 Å². The molecule has 0 bridgehead atoms. The first-order valence-corrected chi connectivity index (χ1v) is 9.39. The molecule has 0 N–H and O–H groups in total. The van der Waals surface area contributed by atoms with Gasteiger partial charge in [-0.25, -0.2) is 0 Å². The summed E-state index contributed by atoms with van der Waals surface area (Å²) in [6, 6.07) is 0. The van der Waals surface area contributed by atoms with Crippen LogP contribution in [-0.2, 0) is 13.0 Å². The van der Waals surface area contributed by atoms with E-state index in [0.717, 1.165) is 25.7 Å². The zero-order chi connectivity index (χ0) is 13.1. The van der Waals surface area contributed by atoms with E-state index >= 15 is 0 Å². The van der Waals surface area contributed by atoms with E-state index in [1.54, 1.807) is 0 Å². The zero-order valence-electron chi connectivity index (χ0n) is 11.0. The van der Waals surface area contributed by atoms with Gasteiger partial charge in [0.15, 0.2) is 0 Å². The fourth-order valence-corrected chi connectivity index (χ4v) is 3.68. The van der Waals surface area contributed by atoms with Gasteiger partial charge in [-0.2, -0.15) is 0 Å². The summed E-state index contributed by atoms with van der Waals surface area (Å²) < 4.78 is 17.0. The van der Waals surface area contributed by atoms with Crippen LogP contribution in [0.2, 0.25) is 0 Å². The molecule has 0 fully saturated rings. The first kappa shape index (κ1) is 17.9. The molecule has 0 aliphatic heterocycles. The lowest BCUT2D eigenvalue weighted by molar-refractivity contribution is 0.0678. The lowest BCUT2D eigenvalue weighted by atomic mass is 10.2. The Labute approximate surface area is 120 Å². The highest BCUT2D eigenvalue weighted by Gasteiger charge is 2.19. The van der Waals surface area contributed by atoms with Crippen LogP contribution in [0.4, 0.5) is 0 Å². The summed E-state index contributed by atoms with van der Waals surface area (Å²) in [5.74, 6) is 1.35. The van der Waals surface area contributed by atoms with E-state index in [-0.39, 0.29) is 12.2 Å². The molecule has 0 saturated carbocycles. The van der Waals surface area contributed by atoms with Crippen molar-refractivity contribution in [2.24, 2.45) is 0 Å². The molecule has 0 heterocycles. The molecule has 0 amide bonds. The largest absolute Gasteiger partial charge is 0.473 e. The number of alkyl halides is 2. The monoisotopic (exact) mass is 318 g/mol. The highest BCUT2D eigenvalue weighted by molar-refractivity contribution is 6.42. The Morgan fingerprint density at radius 3 is 1.71 bits per heavy atom. The van der Waals surface area contributed by atoms with Crippen molar-refractivity contribution in [2.75, 3.05) is 11.8 Å². The highest BCUT2D eigenvalue weighted by Crippen LogP contribution is 2.09. The fourth-order valence-electron chi connectivity index (χ4n) is 1.39. The summed E-state index contributed by atoms with van der Waals surface area (Å²) in [6.07, 6.45) is 4.17. The molecule has 0 aromatic carbocycles. The predicted octanol–water partition coefficient (Wildman–Crippen LogP) is 1.85. The lowest BCUT2D eigenvalue weighted by Gasteiger charge is -2.23. The van der Waals surface area contributed by atoms with Crippen molar-refractivity contribution in [3.8, 4) is 0 Å². The van der Waals surface area contributed by atoms with Gasteiger partial charge in [0.25, 0.3) is 0 Å². The SMILES string of the molecule is CC(CCCCl)O[SiH](O[SiH3])OC(C)CCCCl. The molecule has 17 heavy (non-hydrogen) atoms. The molecule has 0 spiro atoms. The van der Waals surface area contributed by atoms with Gasteiger partial charge in [0.05, 0.1) is 0 Å². The van der Waals surface area contributed by atoms with Crippen LogP contribution in [0.5, 0.6) is 0 Å². The number of hydrogen-bond donors (Lipinski definition) is 0. The highest BCUT2D eigenvalue weighted by atomic mass is 35.5. The van der Waals surface area contributed by atoms with Crippen molar-refractivity contribution in [1.82, 2.24) is 0 Å². The van der Waals surface area contributed by atoms with Crippen LogP contribution in [-0.4, -0.2) is 44.0 Å². The quantitative estimate of drug-likeness (QED) is 0.430. The lowest BCUT2D eigenvalue weighted by Crippen LogP contribution is -2.33. The molecule has 0 rings (SSSR count). The van der Waals surface area contributed by atoms with Crippen molar-refractivity contribution in [3.63, 3.8) is 0 Å². The molecule has 2 atom stereocenters. The van der Waals surface area contributed by atoms with Gasteiger partial charge in [-0.3, -0.25) is 0 Å². The summed E-state index contributed by atoms with van der Waals surface area (Å²) in [6.45, 7) is 4.08. The minimum atomic E-state index is -1.94. The van der Waals surface area contributed by atoms with Gasteiger partial charge in [0, 0.05) is 24.0 Å². The van der Waals surface area contributed by atoms with E-state index in [9.17, 15) is 0 Å². The van der Waals surface area contributed by atoms with Crippen LogP contribution in [0.3, 0.4) is 0 Å². The Morgan fingerprint density at radius 1 is 1.00 bits per heavy atom. The van der Waals surface area contributed by atoms with E-state index in [0.29, 0.717) is 22.2 Å². The Hall–Kier alpha value is 0.894. The molecular formula is C10H24Cl2O3Si2. The molecule has 0 aliphatic rings. The first-order chi connectivity index (χ1) is 8.13. The Bertz CT molecular complexity index is 162. The molecule has 2 unspecified atom stereocenters. The zero-order valence-corrected chi connectivity index (χ0v) is 15.6. The Balaban J connectivity index is 3.81. The summed E-state index contributed by atoms with van der Waals surface area (Å²) in [5.41, 5.74) is 0. The topological polar surface area (TPSA) is 27.7 Å². The number of halogens is 2. The molecule has 0 aliphatic carbocycles. The average Bonchev–Trinajstić information content (AvgIpc) is 2.32. The maximum absolute atomic E-state index is 5.79. The maximum atomic E-state index is 5.79. The second kappa shape index (κ2) is 12.0. The van der Waals surface area contributed by atoms with Crippen LogP contribution in [0, 0.1) is 0 Å². The molecule has 0 saturated heterocycles. The Kier molecular flexibility index (Phi) is 12.6. The summed E-state index contributed by atoms with van der Waals surface area (Å²) in [7, 11) is -1.29. The van der Waals surface area contributed by atoms with Crippen LogP contribution in [0.1, 0.15) is 39.5 Å². The van der Waals surface area contributed by atoms with Gasteiger partial charge in [-0.15, -0.1) is 23.2 Å². The molecule has 7 heteroatoms. The van der Waals surface area contributed by atoms with E-state index in [1.807, 2.05) is 13.8 Å². The molecule has 0 radical (unpaired) electrons. The molecule has 0 aromatic rings. The Morgan fingerprint density at radius 2 is 1.41 bits per heavy atom. The second-order valence-electron chi connectivity index (χ2n) is 4.08. The predicted molar refractivity (Wildman–Crippen MR) is 79.2 cm³/mol. The molecule has 0 aromatic heterocycles. The van der Waals surface area contributed by atoms with Gasteiger partial charge < -0.3 is 13.0 Å². The second-order valence-corrected chi connectivity index (χ2v) is 7.84. The van der Waals surface area contributed by atoms with Crippen molar-refractivity contribution >= 4 is 43.2 Å². The molecule has 104 valence electrons. The molecule has 3 nitrogen and oxygen atoms in total. The van der Waals surface area contributed by atoms with Crippen molar-refractivity contribution in [2.45, 2.75) is 51.7 Å². The number of rotatable bonds is 11. The van der Waals surface area contributed by atoms with E-state index in [4.69, 9.17) is 36.2 Å². The third kappa shape index (κ3) is 10.5. The summed E-state index contributed by atoms with van der Waals surface area (Å²) in [4.78, 5) is 0. The van der Waals surface area contributed by atoms with Crippen LogP contribution in [0.25, 0.3) is 0 Å². The minimum absolute atomic E-state index is 0.166. The summed E-state index contributed by atoms with van der Waals surface area (Å²) >= 11 is 11.3. The maximum Gasteiger partial charge on any atom is 0.473 e. The minimum Gasteiger partial charge on any atom is -0.427 e. The fraction of sp³-hybridized carbons (Fsp3) is 1.00. The standard InChI is InChI=1S/C10H24Cl2O3Si2/c1-9(5-3-7-11)13-17(15-16)14-10(2)6-4-8-12/h9-10,17H,3-8H2,1-2,16H3. The van der Waals surface area contributed by atoms with Crippen molar-refractivity contribution < 1.29 is 13.0 Å². The smallest absolute Gasteiger partial charge is 0.427 e. The summed E-state index contributed by atoms with van der Waals surface area (Å²) in [5, 5.41) is 0. The number of hydrogen-bond acceptors (Lipinski definition) is 3. The van der Waals surface area contributed by atoms with Crippen LogP contribution >= 0.6 is 23.2 Å². The normalized spacial score (nSPS) is 16.9. The first-order valence-electron chi connectivity index (χ1n) is 6.09. The van der Waals surface area contributed by atoms with E-state index in [2.05, 4.69) is 0 Å². The van der Waals surface area contributed by atoms with Crippen LogP contribution < -0.4 is 0 Å². The average molecular weight is 319 g/mol. The molecular weight excluding hydrogens is 295 g/mol. The third-order valence-corrected chi connectivity index (χ3v) is 5.82.